The number of hydrogen-bond acceptors (Lipinski definition) is 4. The fraction of sp³-hybridized carbons (Fsp3) is 0.625. The molecular formula is C16H22N4. The standard InChI is InChI=1S/2C7H10.C2H2N4/c2*1-2-7-4-3-6(1)5-7;1-2-4-6-5-3-1/h2*1-2,6-7H,3-5H2;1-2H. The van der Waals surface area contributed by atoms with E-state index in [0.717, 1.165) is 23.7 Å². The van der Waals surface area contributed by atoms with E-state index in [2.05, 4.69) is 44.9 Å². The molecule has 2 saturated carbocycles. The first kappa shape index (κ1) is 13.4. The number of rotatable bonds is 0. The fourth-order valence-corrected chi connectivity index (χ4v) is 3.60. The molecular weight excluding hydrogens is 248 g/mol. The molecule has 0 spiro atoms. The van der Waals surface area contributed by atoms with Crippen LogP contribution in [0.5, 0.6) is 0 Å². The third kappa shape index (κ3) is 3.71. The molecule has 1 heterocycles. The smallest absolute Gasteiger partial charge is 0.0716 e. The van der Waals surface area contributed by atoms with Gasteiger partial charge < -0.3 is 0 Å². The van der Waals surface area contributed by atoms with Crippen LogP contribution < -0.4 is 0 Å². The van der Waals surface area contributed by atoms with Gasteiger partial charge in [-0.05, 0) is 72.6 Å². The summed E-state index contributed by atoms with van der Waals surface area (Å²) in [5, 5.41) is 13.1. The molecule has 0 amide bonds. The van der Waals surface area contributed by atoms with Crippen LogP contribution >= 0.6 is 0 Å². The van der Waals surface area contributed by atoms with E-state index in [4.69, 9.17) is 0 Å². The Bertz CT molecular complexity index is 378. The Kier molecular flexibility index (Phi) is 4.51. The summed E-state index contributed by atoms with van der Waals surface area (Å²) in [7, 11) is 0. The summed E-state index contributed by atoms with van der Waals surface area (Å²) >= 11 is 0. The second-order valence-corrected chi connectivity index (χ2v) is 6.14. The zero-order valence-electron chi connectivity index (χ0n) is 11.8. The van der Waals surface area contributed by atoms with Crippen LogP contribution in [0.15, 0.2) is 36.7 Å². The predicted octanol–water partition coefficient (Wildman–Crippen LogP) is 3.21. The van der Waals surface area contributed by atoms with E-state index in [0.29, 0.717) is 0 Å². The van der Waals surface area contributed by atoms with Gasteiger partial charge in [0.05, 0.1) is 12.4 Å². The summed E-state index contributed by atoms with van der Waals surface area (Å²) < 4.78 is 0. The molecule has 4 unspecified atom stereocenters. The number of fused-ring (bicyclic) bond motifs is 4. The third-order valence-electron chi connectivity index (χ3n) is 4.68. The van der Waals surface area contributed by atoms with E-state index in [9.17, 15) is 0 Å². The van der Waals surface area contributed by atoms with Crippen LogP contribution in [-0.4, -0.2) is 20.6 Å². The SMILES string of the molecule is C1=CC2CCC1C2.C1=CC2CCC1C2.c1cnnnn1. The van der Waals surface area contributed by atoms with Crippen molar-refractivity contribution in [2.75, 3.05) is 0 Å². The molecule has 0 N–H and O–H groups in total. The van der Waals surface area contributed by atoms with Crippen LogP contribution in [0.1, 0.15) is 38.5 Å². The Morgan fingerprint density at radius 3 is 1.00 bits per heavy atom. The van der Waals surface area contributed by atoms with Gasteiger partial charge in [-0.15, -0.1) is 10.2 Å². The first-order valence-electron chi connectivity index (χ1n) is 7.72. The summed E-state index contributed by atoms with van der Waals surface area (Å²) in [6.07, 6.45) is 21.3. The molecule has 0 aliphatic heterocycles. The monoisotopic (exact) mass is 270 g/mol. The van der Waals surface area contributed by atoms with Crippen molar-refractivity contribution in [3.8, 4) is 0 Å². The zero-order valence-corrected chi connectivity index (χ0v) is 11.8. The lowest BCUT2D eigenvalue weighted by atomic mass is 10.1. The van der Waals surface area contributed by atoms with Gasteiger partial charge in [-0.1, -0.05) is 24.3 Å². The molecule has 4 aliphatic carbocycles. The number of aromatic nitrogens is 4. The van der Waals surface area contributed by atoms with Gasteiger partial charge >= 0.3 is 0 Å². The Balaban J connectivity index is 0.0000000913. The van der Waals surface area contributed by atoms with Crippen LogP contribution in [0.25, 0.3) is 0 Å². The molecule has 1 aromatic heterocycles. The normalized spacial score (nSPS) is 34.4. The summed E-state index contributed by atoms with van der Waals surface area (Å²) in [5.74, 6) is 3.96. The van der Waals surface area contributed by atoms with Crippen molar-refractivity contribution in [1.29, 1.82) is 0 Å². The maximum absolute atomic E-state index is 3.36. The molecule has 4 bridgehead atoms. The average molecular weight is 270 g/mol. The van der Waals surface area contributed by atoms with Crippen LogP contribution in [0.4, 0.5) is 0 Å². The Morgan fingerprint density at radius 2 is 0.900 bits per heavy atom. The number of nitrogens with zero attached hydrogens (tertiary/aromatic N) is 4. The van der Waals surface area contributed by atoms with Crippen LogP contribution in [0.3, 0.4) is 0 Å². The van der Waals surface area contributed by atoms with Crippen molar-refractivity contribution in [2.45, 2.75) is 38.5 Å². The average Bonchev–Trinajstić information content (AvgIpc) is 3.32. The minimum atomic E-state index is 0.991. The van der Waals surface area contributed by atoms with Gasteiger partial charge in [0.25, 0.3) is 0 Å². The molecule has 4 atom stereocenters. The van der Waals surface area contributed by atoms with Crippen molar-refractivity contribution in [1.82, 2.24) is 20.6 Å². The minimum absolute atomic E-state index is 0.991. The fourth-order valence-electron chi connectivity index (χ4n) is 3.60. The zero-order chi connectivity index (χ0) is 13.6. The molecule has 0 aromatic carbocycles. The Hall–Kier alpha value is -1.58. The van der Waals surface area contributed by atoms with E-state index in [-0.39, 0.29) is 0 Å². The van der Waals surface area contributed by atoms with Gasteiger partial charge in [0.15, 0.2) is 0 Å². The Labute approximate surface area is 120 Å². The molecule has 0 saturated heterocycles. The topological polar surface area (TPSA) is 51.6 Å². The molecule has 5 rings (SSSR count). The first-order chi connectivity index (χ1) is 9.90. The van der Waals surface area contributed by atoms with Crippen LogP contribution in [0, 0.1) is 23.7 Å². The van der Waals surface area contributed by atoms with Crippen molar-refractivity contribution < 1.29 is 0 Å². The molecule has 4 aliphatic rings. The minimum Gasteiger partial charge on any atom is -0.136 e. The van der Waals surface area contributed by atoms with Gasteiger partial charge in [0.2, 0.25) is 0 Å². The Morgan fingerprint density at radius 1 is 0.550 bits per heavy atom. The van der Waals surface area contributed by atoms with E-state index in [1.54, 1.807) is 0 Å². The first-order valence-corrected chi connectivity index (χ1v) is 7.72. The van der Waals surface area contributed by atoms with E-state index < -0.39 is 0 Å². The summed E-state index contributed by atoms with van der Waals surface area (Å²) in [4.78, 5) is 0. The summed E-state index contributed by atoms with van der Waals surface area (Å²) in [6, 6.07) is 0. The quantitative estimate of drug-likeness (QED) is 0.679. The van der Waals surface area contributed by atoms with Gasteiger partial charge in [-0.3, -0.25) is 0 Å². The summed E-state index contributed by atoms with van der Waals surface area (Å²) in [5.41, 5.74) is 0. The molecule has 4 nitrogen and oxygen atoms in total. The number of allylic oxidation sites excluding steroid dienone is 4. The van der Waals surface area contributed by atoms with Crippen molar-refractivity contribution in [2.24, 2.45) is 23.7 Å². The largest absolute Gasteiger partial charge is 0.136 e. The molecule has 20 heavy (non-hydrogen) atoms. The molecule has 106 valence electrons. The molecule has 1 aromatic rings. The van der Waals surface area contributed by atoms with Crippen molar-refractivity contribution in [3.63, 3.8) is 0 Å². The lowest BCUT2D eigenvalue weighted by molar-refractivity contribution is 0.691. The number of hydrogen-bond donors (Lipinski definition) is 0. The van der Waals surface area contributed by atoms with Crippen LogP contribution in [-0.2, 0) is 0 Å². The maximum Gasteiger partial charge on any atom is 0.0716 e. The van der Waals surface area contributed by atoms with E-state index in [1.165, 1.54) is 50.9 Å². The second kappa shape index (κ2) is 6.73. The molecule has 2 fully saturated rings. The summed E-state index contributed by atoms with van der Waals surface area (Å²) in [6.45, 7) is 0. The van der Waals surface area contributed by atoms with Crippen LogP contribution in [0.2, 0.25) is 0 Å². The molecule has 4 heteroatoms. The van der Waals surface area contributed by atoms with Gasteiger partial charge in [0, 0.05) is 0 Å². The predicted molar refractivity (Wildman–Crippen MR) is 77.6 cm³/mol. The lowest BCUT2D eigenvalue weighted by Gasteiger charge is -1.96. The highest BCUT2D eigenvalue weighted by molar-refractivity contribution is 5.07. The highest BCUT2D eigenvalue weighted by Gasteiger charge is 2.25. The highest BCUT2D eigenvalue weighted by atomic mass is 15.4. The van der Waals surface area contributed by atoms with Gasteiger partial charge in [-0.25, -0.2) is 0 Å². The molecule has 0 radical (unpaired) electrons. The maximum atomic E-state index is 3.36. The van der Waals surface area contributed by atoms with Gasteiger partial charge in [-0.2, -0.15) is 0 Å². The van der Waals surface area contributed by atoms with E-state index >= 15 is 0 Å². The van der Waals surface area contributed by atoms with Crippen molar-refractivity contribution >= 4 is 0 Å². The van der Waals surface area contributed by atoms with Gasteiger partial charge in [0.1, 0.15) is 0 Å². The highest BCUT2D eigenvalue weighted by Crippen LogP contribution is 2.38. The lowest BCUT2D eigenvalue weighted by Crippen LogP contribution is -1.84. The van der Waals surface area contributed by atoms with Crippen molar-refractivity contribution in [3.05, 3.63) is 36.7 Å². The van der Waals surface area contributed by atoms with E-state index in [1.807, 2.05) is 0 Å². The third-order valence-corrected chi connectivity index (χ3v) is 4.68. The second-order valence-electron chi connectivity index (χ2n) is 6.14.